The molecular formula is C22H47NO4. The topological polar surface area (TPSA) is 51.2 Å². The minimum absolute atomic E-state index is 0.174. The second kappa shape index (κ2) is 15.7. The minimum Gasteiger partial charge on any atom is -0.327 e. The molecule has 0 spiro atoms. The number of nitrogens with zero attached hydrogens (tertiary/aromatic N) is 1. The molecule has 27 heavy (non-hydrogen) atoms. The van der Waals surface area contributed by atoms with Crippen LogP contribution in [0.1, 0.15) is 106 Å². The van der Waals surface area contributed by atoms with Gasteiger partial charge in [0.05, 0.1) is 0 Å². The van der Waals surface area contributed by atoms with E-state index in [0.29, 0.717) is 19.8 Å². The second-order valence-electron chi connectivity index (χ2n) is 7.93. The van der Waals surface area contributed by atoms with Crippen LogP contribution in [0, 0.1) is 0 Å². The van der Waals surface area contributed by atoms with Gasteiger partial charge in [-0.2, -0.15) is 5.06 Å². The molecule has 164 valence electrons. The van der Waals surface area contributed by atoms with E-state index < -0.39 is 5.97 Å². The molecular weight excluding hydrogens is 342 g/mol. The van der Waals surface area contributed by atoms with Crippen LogP contribution in [0.5, 0.6) is 0 Å². The second-order valence-corrected chi connectivity index (χ2v) is 7.93. The van der Waals surface area contributed by atoms with Crippen molar-refractivity contribution < 1.29 is 19.4 Å². The quantitative estimate of drug-likeness (QED) is 0.163. The van der Waals surface area contributed by atoms with Crippen molar-refractivity contribution in [2.75, 3.05) is 26.4 Å². The maximum absolute atomic E-state index is 10.7. The molecule has 0 atom stereocenters. The minimum atomic E-state index is -1.21. The molecule has 0 aliphatic carbocycles. The van der Waals surface area contributed by atoms with Gasteiger partial charge in [-0.05, 0) is 41.0 Å². The molecule has 0 aromatic carbocycles. The lowest BCUT2D eigenvalue weighted by atomic mass is 9.95. The van der Waals surface area contributed by atoms with E-state index in [2.05, 4.69) is 20.8 Å². The van der Waals surface area contributed by atoms with Crippen LogP contribution in [0.15, 0.2) is 0 Å². The van der Waals surface area contributed by atoms with E-state index in [0.717, 1.165) is 12.8 Å². The number of unbranched alkanes of at least 4 members (excludes halogenated alkanes) is 8. The number of hydrogen-bond donors (Lipinski definition) is 1. The summed E-state index contributed by atoms with van der Waals surface area (Å²) in [5.41, 5.74) is -0.350. The first-order valence-electron chi connectivity index (χ1n) is 11.3. The number of rotatable bonds is 19. The molecule has 0 saturated heterocycles. The van der Waals surface area contributed by atoms with Gasteiger partial charge in [0.15, 0.2) is 0 Å². The van der Waals surface area contributed by atoms with Crippen LogP contribution in [0.2, 0.25) is 0 Å². The lowest BCUT2D eigenvalue weighted by Gasteiger charge is -2.40. The Labute approximate surface area is 168 Å². The molecule has 0 aliphatic rings. The highest BCUT2D eigenvalue weighted by Gasteiger charge is 2.39. The molecule has 0 saturated carbocycles. The molecule has 0 aliphatic heterocycles. The largest absolute Gasteiger partial charge is 0.327 e. The van der Waals surface area contributed by atoms with E-state index in [9.17, 15) is 5.21 Å². The van der Waals surface area contributed by atoms with Gasteiger partial charge in [-0.25, -0.2) is 0 Å². The molecule has 5 heteroatoms. The maximum Gasteiger partial charge on any atom is 0.298 e. The van der Waals surface area contributed by atoms with Gasteiger partial charge >= 0.3 is 0 Å². The fourth-order valence-corrected chi connectivity index (χ4v) is 3.32. The van der Waals surface area contributed by atoms with Crippen molar-refractivity contribution in [2.45, 2.75) is 117 Å². The van der Waals surface area contributed by atoms with Crippen molar-refractivity contribution in [3.63, 3.8) is 0 Å². The highest BCUT2D eigenvalue weighted by Crippen LogP contribution is 2.26. The van der Waals surface area contributed by atoms with Crippen molar-refractivity contribution in [3.05, 3.63) is 0 Å². The Morgan fingerprint density at radius 3 is 1.48 bits per heavy atom. The Hall–Kier alpha value is -0.200. The predicted molar refractivity (Wildman–Crippen MR) is 112 cm³/mol. The molecule has 0 aromatic rings. The van der Waals surface area contributed by atoms with Crippen LogP contribution in [-0.4, -0.2) is 48.1 Å². The van der Waals surface area contributed by atoms with Crippen molar-refractivity contribution in [1.29, 1.82) is 0 Å². The number of ether oxygens (including phenoxy) is 3. The Bertz CT molecular complexity index is 319. The van der Waals surface area contributed by atoms with Crippen LogP contribution in [-0.2, 0) is 14.2 Å². The third-order valence-electron chi connectivity index (χ3n) is 5.03. The highest BCUT2D eigenvalue weighted by molar-refractivity contribution is 4.79. The van der Waals surface area contributed by atoms with Crippen molar-refractivity contribution in [3.8, 4) is 0 Å². The van der Waals surface area contributed by atoms with Crippen LogP contribution >= 0.6 is 0 Å². The average Bonchev–Trinajstić information content (AvgIpc) is 2.61. The standard InChI is InChI=1S/C22H47NO4/c1-7-11-12-13-14-15-16-17-18-19-21(5,6)23(24)20-22(25-8-2,26-9-3)27-10-4/h24H,7-20H2,1-6H3. The lowest BCUT2D eigenvalue weighted by Crippen LogP contribution is -2.54. The molecule has 0 aromatic heterocycles. The fourth-order valence-electron chi connectivity index (χ4n) is 3.32. The summed E-state index contributed by atoms with van der Waals surface area (Å²) in [6.07, 6.45) is 12.7. The lowest BCUT2D eigenvalue weighted by molar-refractivity contribution is -0.400. The molecule has 0 amide bonds. The summed E-state index contributed by atoms with van der Waals surface area (Å²) >= 11 is 0. The van der Waals surface area contributed by atoms with E-state index in [-0.39, 0.29) is 12.1 Å². The molecule has 0 bridgehead atoms. The smallest absolute Gasteiger partial charge is 0.298 e. The summed E-state index contributed by atoms with van der Waals surface area (Å²) in [7, 11) is 0. The van der Waals surface area contributed by atoms with Gasteiger partial charge in [0.25, 0.3) is 5.97 Å². The van der Waals surface area contributed by atoms with E-state index >= 15 is 0 Å². The van der Waals surface area contributed by atoms with Gasteiger partial charge in [-0.15, -0.1) is 0 Å². The van der Waals surface area contributed by atoms with Crippen molar-refractivity contribution in [1.82, 2.24) is 5.06 Å². The van der Waals surface area contributed by atoms with Gasteiger partial charge in [-0.1, -0.05) is 64.7 Å². The molecule has 0 fully saturated rings. The fraction of sp³-hybridized carbons (Fsp3) is 1.00. The normalized spacial score (nSPS) is 12.9. The third kappa shape index (κ3) is 12.1. The first kappa shape index (κ1) is 26.8. The monoisotopic (exact) mass is 389 g/mol. The molecule has 0 heterocycles. The summed E-state index contributed by atoms with van der Waals surface area (Å²) < 4.78 is 17.2. The number of hydroxylamine groups is 2. The first-order valence-corrected chi connectivity index (χ1v) is 11.3. The van der Waals surface area contributed by atoms with Gasteiger partial charge < -0.3 is 19.4 Å². The zero-order chi connectivity index (χ0) is 20.6. The SMILES string of the molecule is CCCCCCCCCCCC(C)(C)N(O)CC(OCC)(OCC)OCC. The van der Waals surface area contributed by atoms with Crippen LogP contribution in [0.4, 0.5) is 0 Å². The summed E-state index contributed by atoms with van der Waals surface area (Å²) in [6, 6.07) is 0. The zero-order valence-corrected chi connectivity index (χ0v) is 19.0. The average molecular weight is 390 g/mol. The maximum atomic E-state index is 10.7. The zero-order valence-electron chi connectivity index (χ0n) is 19.0. The van der Waals surface area contributed by atoms with Crippen LogP contribution in [0.3, 0.4) is 0 Å². The predicted octanol–water partition coefficient (Wildman–Crippen LogP) is 6.14. The summed E-state index contributed by atoms with van der Waals surface area (Å²) in [4.78, 5) is 0. The highest BCUT2D eigenvalue weighted by atomic mass is 16.9. The van der Waals surface area contributed by atoms with Gasteiger partial charge in [0, 0.05) is 25.4 Å². The van der Waals surface area contributed by atoms with Gasteiger partial charge in [0.1, 0.15) is 6.54 Å². The molecule has 0 unspecified atom stereocenters. The number of hydrogen-bond acceptors (Lipinski definition) is 5. The van der Waals surface area contributed by atoms with Crippen LogP contribution in [0.25, 0.3) is 0 Å². The Balaban J connectivity index is 4.30. The van der Waals surface area contributed by atoms with E-state index in [1.165, 1.54) is 56.4 Å². The molecule has 0 rings (SSSR count). The summed E-state index contributed by atoms with van der Waals surface area (Å²) in [5.74, 6) is -1.21. The van der Waals surface area contributed by atoms with E-state index in [1.54, 1.807) is 0 Å². The molecule has 5 nitrogen and oxygen atoms in total. The Kier molecular flexibility index (Phi) is 15.6. The van der Waals surface area contributed by atoms with Crippen molar-refractivity contribution >= 4 is 0 Å². The Morgan fingerprint density at radius 1 is 0.667 bits per heavy atom. The summed E-state index contributed by atoms with van der Waals surface area (Å²) in [5, 5.41) is 12.0. The molecule has 0 radical (unpaired) electrons. The van der Waals surface area contributed by atoms with E-state index in [1.807, 2.05) is 20.8 Å². The first-order chi connectivity index (χ1) is 12.9. The third-order valence-corrected chi connectivity index (χ3v) is 5.03. The van der Waals surface area contributed by atoms with Crippen molar-refractivity contribution in [2.24, 2.45) is 0 Å². The summed E-state index contributed by atoms with van der Waals surface area (Å²) in [6.45, 7) is 13.7. The van der Waals surface area contributed by atoms with Crippen LogP contribution < -0.4 is 0 Å². The molecule has 1 N–H and O–H groups in total. The van der Waals surface area contributed by atoms with E-state index in [4.69, 9.17) is 14.2 Å². The van der Waals surface area contributed by atoms with Gasteiger partial charge in [0.2, 0.25) is 0 Å². The Morgan fingerprint density at radius 2 is 1.07 bits per heavy atom. The van der Waals surface area contributed by atoms with Gasteiger partial charge in [-0.3, -0.25) is 0 Å².